The normalized spacial score (nSPS) is 10.5. The van der Waals surface area contributed by atoms with Crippen LogP contribution >= 0.6 is 15.9 Å². The van der Waals surface area contributed by atoms with Gasteiger partial charge in [0.05, 0.1) is 0 Å². The monoisotopic (exact) mass is 298 g/mol. The van der Waals surface area contributed by atoms with E-state index in [1.54, 1.807) is 13.0 Å². The molecule has 88 valence electrons. The average molecular weight is 299 g/mol. The van der Waals surface area contributed by atoms with Crippen molar-refractivity contribution < 1.29 is 9.50 Å². The van der Waals surface area contributed by atoms with E-state index in [1.165, 1.54) is 12.1 Å². The third kappa shape index (κ3) is 2.21. The van der Waals surface area contributed by atoms with Crippen LogP contribution in [0.2, 0.25) is 0 Å². The number of hydrogen-bond acceptors (Lipinski definition) is 3. The maximum absolute atomic E-state index is 13.1. The van der Waals surface area contributed by atoms with Crippen molar-refractivity contribution in [2.45, 2.75) is 6.92 Å². The summed E-state index contributed by atoms with van der Waals surface area (Å²) in [6.45, 7) is 1.76. The number of nitrogens with zero attached hydrogens (tertiary/aromatic N) is 1. The fourth-order valence-corrected chi connectivity index (χ4v) is 1.61. The molecule has 1 heterocycles. The smallest absolute Gasteiger partial charge is 0.269 e. The molecule has 0 bridgehead atoms. The van der Waals surface area contributed by atoms with E-state index in [4.69, 9.17) is 0 Å². The topological polar surface area (TPSA) is 66.0 Å². The van der Waals surface area contributed by atoms with Crippen molar-refractivity contribution >= 4 is 15.9 Å². The molecule has 0 spiro atoms. The Kier molecular flexibility index (Phi) is 2.97. The second-order valence-corrected chi connectivity index (χ2v) is 4.30. The van der Waals surface area contributed by atoms with Crippen LogP contribution in [-0.4, -0.2) is 15.1 Å². The van der Waals surface area contributed by atoms with Crippen molar-refractivity contribution in [3.63, 3.8) is 0 Å². The van der Waals surface area contributed by atoms with Gasteiger partial charge in [-0.25, -0.2) is 4.39 Å². The number of hydrogen-bond donors (Lipinski definition) is 2. The second kappa shape index (κ2) is 4.29. The van der Waals surface area contributed by atoms with Crippen molar-refractivity contribution in [2.24, 2.45) is 0 Å². The molecule has 0 saturated carbocycles. The maximum Gasteiger partial charge on any atom is 0.269 e. The molecule has 0 unspecified atom stereocenters. The first-order chi connectivity index (χ1) is 7.99. The number of aromatic amines is 1. The molecule has 0 fully saturated rings. The zero-order valence-electron chi connectivity index (χ0n) is 8.79. The summed E-state index contributed by atoms with van der Waals surface area (Å²) in [6, 6.07) is 4.14. The lowest BCUT2D eigenvalue weighted by Crippen LogP contribution is -2.10. The molecular formula is C11H8BrFN2O2. The number of aromatic nitrogens is 2. The Morgan fingerprint density at radius 3 is 2.82 bits per heavy atom. The third-order valence-corrected chi connectivity index (χ3v) is 3.01. The fraction of sp³-hybridized carbons (Fsp3) is 0.0909. The van der Waals surface area contributed by atoms with Crippen LogP contribution in [0.5, 0.6) is 5.88 Å². The van der Waals surface area contributed by atoms with E-state index in [0.29, 0.717) is 5.56 Å². The number of nitrogens with one attached hydrogen (secondary N) is 1. The summed E-state index contributed by atoms with van der Waals surface area (Å²) in [7, 11) is 0. The van der Waals surface area contributed by atoms with Crippen LogP contribution in [0.15, 0.2) is 27.5 Å². The van der Waals surface area contributed by atoms with Crippen molar-refractivity contribution in [1.82, 2.24) is 9.97 Å². The van der Waals surface area contributed by atoms with E-state index in [1.807, 2.05) is 0 Å². The van der Waals surface area contributed by atoms with E-state index in [-0.39, 0.29) is 10.3 Å². The predicted octanol–water partition coefficient (Wildman–Crippen LogP) is 2.35. The van der Waals surface area contributed by atoms with Crippen LogP contribution in [0, 0.1) is 12.7 Å². The van der Waals surface area contributed by atoms with Crippen molar-refractivity contribution in [2.75, 3.05) is 0 Å². The Hall–Kier alpha value is -1.69. The number of aryl methyl sites for hydroxylation is 1. The zero-order valence-corrected chi connectivity index (χ0v) is 10.4. The van der Waals surface area contributed by atoms with Gasteiger partial charge in [0.1, 0.15) is 16.1 Å². The highest BCUT2D eigenvalue weighted by atomic mass is 79.9. The molecule has 2 rings (SSSR count). The van der Waals surface area contributed by atoms with Crippen LogP contribution in [0.1, 0.15) is 5.56 Å². The summed E-state index contributed by atoms with van der Waals surface area (Å²) in [4.78, 5) is 17.7. The SMILES string of the molecule is Cc1ccc(F)cc1-c1nc(O)c(Br)c(=O)[nH]1. The molecule has 1 aromatic carbocycles. The lowest BCUT2D eigenvalue weighted by molar-refractivity contribution is 0.448. The maximum atomic E-state index is 13.1. The first kappa shape index (κ1) is 11.8. The summed E-state index contributed by atoms with van der Waals surface area (Å²) in [6.07, 6.45) is 0. The lowest BCUT2D eigenvalue weighted by atomic mass is 10.1. The largest absolute Gasteiger partial charge is 0.492 e. The highest BCUT2D eigenvalue weighted by Crippen LogP contribution is 2.23. The van der Waals surface area contributed by atoms with Gasteiger partial charge in [0.2, 0.25) is 5.88 Å². The zero-order chi connectivity index (χ0) is 12.6. The van der Waals surface area contributed by atoms with E-state index >= 15 is 0 Å². The molecule has 1 aromatic heterocycles. The number of rotatable bonds is 1. The molecule has 4 nitrogen and oxygen atoms in total. The van der Waals surface area contributed by atoms with Crippen molar-refractivity contribution in [3.05, 3.63) is 44.4 Å². The number of aromatic hydroxyl groups is 1. The molecule has 2 aromatic rings. The molecule has 0 atom stereocenters. The molecule has 0 aliphatic rings. The minimum Gasteiger partial charge on any atom is -0.492 e. The number of benzene rings is 1. The van der Waals surface area contributed by atoms with Gasteiger partial charge in [-0.05, 0) is 40.5 Å². The fourth-order valence-electron chi connectivity index (χ4n) is 1.42. The van der Waals surface area contributed by atoms with Gasteiger partial charge in [-0.1, -0.05) is 6.07 Å². The first-order valence-corrected chi connectivity index (χ1v) is 5.53. The number of H-pyrrole nitrogens is 1. The third-order valence-electron chi connectivity index (χ3n) is 2.30. The van der Waals surface area contributed by atoms with Gasteiger partial charge in [0.25, 0.3) is 5.56 Å². The van der Waals surface area contributed by atoms with Gasteiger partial charge in [0.15, 0.2) is 0 Å². The number of halogens is 2. The molecule has 2 N–H and O–H groups in total. The Morgan fingerprint density at radius 2 is 2.18 bits per heavy atom. The quantitative estimate of drug-likeness (QED) is 0.849. The van der Waals surface area contributed by atoms with Crippen LogP contribution in [0.3, 0.4) is 0 Å². The van der Waals surface area contributed by atoms with Gasteiger partial charge >= 0.3 is 0 Å². The summed E-state index contributed by atoms with van der Waals surface area (Å²) in [5.41, 5.74) is 0.664. The van der Waals surface area contributed by atoms with Crippen LogP contribution < -0.4 is 5.56 Å². The molecule has 0 saturated heterocycles. The molecular weight excluding hydrogens is 291 g/mol. The van der Waals surface area contributed by atoms with Gasteiger partial charge in [-0.3, -0.25) is 4.79 Å². The summed E-state index contributed by atoms with van der Waals surface area (Å²) < 4.78 is 13.1. The molecule has 6 heteroatoms. The van der Waals surface area contributed by atoms with Crippen LogP contribution in [-0.2, 0) is 0 Å². The minimum absolute atomic E-state index is 0.0460. The van der Waals surface area contributed by atoms with Crippen molar-refractivity contribution in [1.29, 1.82) is 0 Å². The summed E-state index contributed by atoms with van der Waals surface area (Å²) in [5.74, 6) is -0.726. The van der Waals surface area contributed by atoms with Gasteiger partial charge in [-0.2, -0.15) is 4.98 Å². The molecule has 17 heavy (non-hydrogen) atoms. The van der Waals surface area contributed by atoms with Gasteiger partial charge in [0, 0.05) is 5.56 Å². The Morgan fingerprint density at radius 1 is 1.47 bits per heavy atom. The summed E-state index contributed by atoms with van der Waals surface area (Å²) in [5, 5.41) is 9.43. The first-order valence-electron chi connectivity index (χ1n) is 4.74. The molecule has 0 amide bonds. The highest BCUT2D eigenvalue weighted by molar-refractivity contribution is 9.10. The molecule has 0 aliphatic carbocycles. The molecule has 0 aliphatic heterocycles. The average Bonchev–Trinajstić information content (AvgIpc) is 2.28. The second-order valence-electron chi connectivity index (χ2n) is 3.51. The minimum atomic E-state index is -0.517. The Bertz CT molecular complexity index is 640. The van der Waals surface area contributed by atoms with Crippen molar-refractivity contribution in [3.8, 4) is 17.3 Å². The van der Waals surface area contributed by atoms with E-state index < -0.39 is 17.3 Å². The van der Waals surface area contributed by atoms with E-state index in [0.717, 1.165) is 5.56 Å². The molecule has 0 radical (unpaired) electrons. The van der Waals surface area contributed by atoms with Crippen LogP contribution in [0.4, 0.5) is 4.39 Å². The van der Waals surface area contributed by atoms with Gasteiger partial charge in [-0.15, -0.1) is 0 Å². The standard InChI is InChI=1S/C11H8BrFN2O2/c1-5-2-3-6(13)4-7(5)9-14-10(16)8(12)11(17)15-9/h2-4H,1H3,(H2,14,15,16,17). The Balaban J connectivity index is 2.69. The lowest BCUT2D eigenvalue weighted by Gasteiger charge is -2.06. The highest BCUT2D eigenvalue weighted by Gasteiger charge is 2.11. The van der Waals surface area contributed by atoms with Gasteiger partial charge < -0.3 is 10.1 Å². The predicted molar refractivity (Wildman–Crippen MR) is 64.4 cm³/mol. The summed E-state index contributed by atoms with van der Waals surface area (Å²) >= 11 is 2.89. The Labute approximate surface area is 104 Å². The van der Waals surface area contributed by atoms with Crippen LogP contribution in [0.25, 0.3) is 11.4 Å². The van der Waals surface area contributed by atoms with E-state index in [9.17, 15) is 14.3 Å². The van der Waals surface area contributed by atoms with E-state index in [2.05, 4.69) is 25.9 Å².